The Morgan fingerprint density at radius 3 is 2.16 bits per heavy atom. The molecular weight excluding hydrogens is 416 g/mol. The van der Waals surface area contributed by atoms with Crippen LogP contribution in [0.3, 0.4) is 0 Å². The Bertz CT molecular complexity index is 1180. The minimum Gasteiger partial charge on any atom is -0.466 e. The Hall–Kier alpha value is -4.65. The third-order valence-electron chi connectivity index (χ3n) is 4.93. The topological polar surface area (TPSA) is 149 Å². The molecule has 0 fully saturated rings. The Morgan fingerprint density at radius 1 is 1.06 bits per heavy atom. The van der Waals surface area contributed by atoms with Gasteiger partial charge in [0.2, 0.25) is 0 Å². The van der Waals surface area contributed by atoms with E-state index in [-0.39, 0.29) is 34.0 Å². The first-order chi connectivity index (χ1) is 15.3. The largest absolute Gasteiger partial charge is 0.466 e. The highest BCUT2D eigenvalue weighted by Crippen LogP contribution is 2.43. The number of nitrogens with zero attached hydrogens (tertiary/aromatic N) is 3. The van der Waals surface area contributed by atoms with Gasteiger partial charge < -0.3 is 15.2 Å². The maximum absolute atomic E-state index is 12.9. The molecule has 32 heavy (non-hydrogen) atoms. The van der Waals surface area contributed by atoms with E-state index in [0.29, 0.717) is 5.56 Å². The number of benzene rings is 2. The second-order valence-corrected chi connectivity index (χ2v) is 6.61. The number of hydrogen-bond acceptors (Lipinski definition) is 9. The highest BCUT2D eigenvalue weighted by molar-refractivity contribution is 6.06. The molecule has 1 unspecified atom stereocenters. The Morgan fingerprint density at radius 2 is 1.66 bits per heavy atom. The summed E-state index contributed by atoms with van der Waals surface area (Å²) >= 11 is 0. The number of carbonyl (C=O) groups excluding carboxylic acids is 2. The Labute approximate surface area is 182 Å². The van der Waals surface area contributed by atoms with E-state index in [0.717, 1.165) is 14.2 Å². The van der Waals surface area contributed by atoms with Gasteiger partial charge in [-0.15, -0.1) is 0 Å². The van der Waals surface area contributed by atoms with Crippen LogP contribution >= 0.6 is 0 Å². The second-order valence-electron chi connectivity index (χ2n) is 6.61. The quantitative estimate of drug-likeness (QED) is 0.425. The summed E-state index contributed by atoms with van der Waals surface area (Å²) in [5.74, 6) is -2.86. The number of rotatable bonds is 5. The standard InChI is InChI=1S/C22H18N4O6/c1-31-21(27)18-17(13-6-4-3-5-7-13)16(12-23)20(24)25(19(18)22(28)32-2)14-8-10-15(11-9-14)26(29)30/h3-11,17H,24H2,1-2H3. The molecule has 10 heteroatoms. The summed E-state index contributed by atoms with van der Waals surface area (Å²) in [7, 11) is 2.28. The minimum absolute atomic E-state index is 0.00241. The zero-order valence-corrected chi connectivity index (χ0v) is 17.1. The fraction of sp³-hybridized carbons (Fsp3) is 0.136. The van der Waals surface area contributed by atoms with Crippen molar-refractivity contribution in [3.05, 3.63) is 92.9 Å². The lowest BCUT2D eigenvalue weighted by molar-refractivity contribution is -0.384. The van der Waals surface area contributed by atoms with E-state index in [1.807, 2.05) is 6.07 Å². The van der Waals surface area contributed by atoms with E-state index in [2.05, 4.69) is 0 Å². The molecule has 0 saturated heterocycles. The number of allylic oxidation sites excluding steroid dienone is 1. The molecule has 1 aliphatic rings. The molecule has 162 valence electrons. The number of nitro benzene ring substituents is 1. The number of carbonyl (C=O) groups is 2. The van der Waals surface area contributed by atoms with Gasteiger partial charge in [-0.2, -0.15) is 5.26 Å². The second kappa shape index (κ2) is 9.01. The summed E-state index contributed by atoms with van der Waals surface area (Å²) in [6.07, 6.45) is 0. The van der Waals surface area contributed by atoms with Gasteiger partial charge in [0, 0.05) is 17.8 Å². The monoisotopic (exact) mass is 434 g/mol. The molecule has 0 aliphatic carbocycles. The van der Waals surface area contributed by atoms with E-state index in [4.69, 9.17) is 15.2 Å². The minimum atomic E-state index is -0.989. The summed E-state index contributed by atoms with van der Waals surface area (Å²) < 4.78 is 9.85. The lowest BCUT2D eigenvalue weighted by atomic mass is 9.81. The molecule has 1 aliphatic heterocycles. The van der Waals surface area contributed by atoms with E-state index < -0.39 is 22.8 Å². The fourth-order valence-corrected chi connectivity index (χ4v) is 3.50. The Balaban J connectivity index is 2.36. The van der Waals surface area contributed by atoms with Crippen molar-refractivity contribution >= 4 is 23.3 Å². The highest BCUT2D eigenvalue weighted by Gasteiger charge is 2.43. The van der Waals surface area contributed by atoms with E-state index in [1.165, 1.54) is 29.2 Å². The summed E-state index contributed by atoms with van der Waals surface area (Å²) in [6, 6.07) is 15.7. The van der Waals surface area contributed by atoms with E-state index >= 15 is 0 Å². The number of nitro groups is 1. The predicted octanol–water partition coefficient (Wildman–Crippen LogP) is 2.49. The molecule has 2 aromatic rings. The number of nitrogens with two attached hydrogens (primary N) is 1. The van der Waals surface area contributed by atoms with Crippen LogP contribution in [0.2, 0.25) is 0 Å². The maximum atomic E-state index is 12.9. The number of ether oxygens (including phenoxy) is 2. The molecule has 0 bridgehead atoms. The van der Waals surface area contributed by atoms with Crippen molar-refractivity contribution in [2.75, 3.05) is 19.1 Å². The van der Waals surface area contributed by atoms with Gasteiger partial charge in [-0.3, -0.25) is 15.0 Å². The van der Waals surface area contributed by atoms with Crippen molar-refractivity contribution < 1.29 is 24.0 Å². The van der Waals surface area contributed by atoms with Gasteiger partial charge in [0.15, 0.2) is 0 Å². The van der Waals surface area contributed by atoms with Gasteiger partial charge in [-0.05, 0) is 17.7 Å². The summed E-state index contributed by atoms with van der Waals surface area (Å²) in [4.78, 5) is 37.4. The third-order valence-corrected chi connectivity index (χ3v) is 4.93. The van der Waals surface area contributed by atoms with Gasteiger partial charge in [0.05, 0.1) is 42.3 Å². The van der Waals surface area contributed by atoms with Crippen molar-refractivity contribution in [1.29, 1.82) is 5.26 Å². The van der Waals surface area contributed by atoms with Crippen molar-refractivity contribution in [2.24, 2.45) is 5.73 Å². The number of methoxy groups -OCH3 is 2. The number of nitriles is 1. The van der Waals surface area contributed by atoms with Gasteiger partial charge in [-0.25, -0.2) is 9.59 Å². The van der Waals surface area contributed by atoms with Crippen LogP contribution in [0.25, 0.3) is 0 Å². The third kappa shape index (κ3) is 3.75. The van der Waals surface area contributed by atoms with Crippen molar-refractivity contribution in [2.45, 2.75) is 5.92 Å². The molecule has 2 N–H and O–H groups in total. The van der Waals surface area contributed by atoms with Crippen LogP contribution in [-0.2, 0) is 19.1 Å². The molecule has 1 atom stereocenters. The smallest absolute Gasteiger partial charge is 0.355 e. The van der Waals surface area contributed by atoms with Gasteiger partial charge in [-0.1, -0.05) is 30.3 Å². The van der Waals surface area contributed by atoms with Crippen LogP contribution in [0.5, 0.6) is 0 Å². The predicted molar refractivity (Wildman–Crippen MR) is 113 cm³/mol. The van der Waals surface area contributed by atoms with Crippen LogP contribution in [0, 0.1) is 21.4 Å². The summed E-state index contributed by atoms with van der Waals surface area (Å²) in [5, 5.41) is 21.0. The molecular formula is C22H18N4O6. The van der Waals surface area contributed by atoms with E-state index in [1.54, 1.807) is 30.3 Å². The van der Waals surface area contributed by atoms with Crippen LogP contribution in [0.1, 0.15) is 11.5 Å². The molecule has 0 saturated carbocycles. The average molecular weight is 434 g/mol. The van der Waals surface area contributed by atoms with Crippen LogP contribution in [-0.4, -0.2) is 31.1 Å². The lowest BCUT2D eigenvalue weighted by Crippen LogP contribution is -2.40. The van der Waals surface area contributed by atoms with Gasteiger partial charge >= 0.3 is 11.9 Å². The number of hydrogen-bond donors (Lipinski definition) is 1. The van der Waals surface area contributed by atoms with Crippen LogP contribution in [0.4, 0.5) is 11.4 Å². The summed E-state index contributed by atoms with van der Waals surface area (Å²) in [6.45, 7) is 0. The van der Waals surface area contributed by atoms with Crippen molar-refractivity contribution in [3.8, 4) is 6.07 Å². The van der Waals surface area contributed by atoms with E-state index in [9.17, 15) is 25.0 Å². The molecule has 0 amide bonds. The van der Waals surface area contributed by atoms with Gasteiger partial charge in [0.1, 0.15) is 11.5 Å². The van der Waals surface area contributed by atoms with Gasteiger partial charge in [0.25, 0.3) is 5.69 Å². The summed E-state index contributed by atoms with van der Waals surface area (Å²) in [5.41, 5.74) is 6.51. The van der Waals surface area contributed by atoms with Crippen molar-refractivity contribution in [3.63, 3.8) is 0 Å². The van der Waals surface area contributed by atoms with Crippen LogP contribution in [0.15, 0.2) is 77.3 Å². The number of anilines is 1. The first kappa shape index (κ1) is 22.0. The lowest BCUT2D eigenvalue weighted by Gasteiger charge is -2.35. The number of esters is 2. The SMILES string of the molecule is COC(=O)C1=C(C(=O)OC)N(c2ccc([N+](=O)[O-])cc2)C(N)=C(C#N)C1c1ccccc1. The average Bonchev–Trinajstić information content (AvgIpc) is 2.82. The first-order valence-corrected chi connectivity index (χ1v) is 9.25. The highest BCUT2D eigenvalue weighted by atomic mass is 16.6. The molecule has 10 nitrogen and oxygen atoms in total. The normalized spacial score (nSPS) is 15.8. The zero-order valence-electron chi connectivity index (χ0n) is 17.1. The van der Waals surface area contributed by atoms with Crippen molar-refractivity contribution in [1.82, 2.24) is 0 Å². The zero-order chi connectivity index (χ0) is 23.4. The number of non-ortho nitro benzene ring substituents is 1. The molecule has 2 aromatic carbocycles. The molecule has 0 spiro atoms. The molecule has 1 heterocycles. The van der Waals surface area contributed by atoms with Crippen LogP contribution < -0.4 is 10.6 Å². The Kier molecular flexibility index (Phi) is 6.21. The molecule has 3 rings (SSSR count). The maximum Gasteiger partial charge on any atom is 0.355 e. The molecule has 0 aromatic heterocycles. The fourth-order valence-electron chi connectivity index (χ4n) is 3.50. The molecule has 0 radical (unpaired) electrons. The first-order valence-electron chi connectivity index (χ1n) is 9.25.